The molecule has 1 aromatic carbocycles. The third kappa shape index (κ3) is 5.82. The predicted molar refractivity (Wildman–Crippen MR) is 114 cm³/mol. The number of nitrogens with zero attached hydrogens (tertiary/aromatic N) is 3. The number of hydrogen-bond acceptors (Lipinski definition) is 5. The van der Waals surface area contributed by atoms with Gasteiger partial charge in [-0.05, 0) is 25.3 Å². The van der Waals surface area contributed by atoms with E-state index in [9.17, 15) is 9.59 Å². The molecular weight excluding hydrogens is 380 g/mol. The lowest BCUT2D eigenvalue weighted by Gasteiger charge is -2.22. The largest absolute Gasteiger partial charge is 0.483 e. The summed E-state index contributed by atoms with van der Waals surface area (Å²) in [5.41, 5.74) is 0.424. The second-order valence-electron chi connectivity index (χ2n) is 7.83. The molecule has 0 bridgehead atoms. The third-order valence-electron chi connectivity index (χ3n) is 5.65. The first-order valence-corrected chi connectivity index (χ1v) is 10.7. The van der Waals surface area contributed by atoms with Gasteiger partial charge in [-0.2, -0.15) is 10.2 Å². The van der Waals surface area contributed by atoms with Crippen LogP contribution in [0.5, 0.6) is 5.75 Å². The predicted octanol–water partition coefficient (Wildman–Crippen LogP) is 3.61. The van der Waals surface area contributed by atoms with E-state index < -0.39 is 5.66 Å². The number of hydrogen-bond donors (Lipinski definition) is 1. The lowest BCUT2D eigenvalue weighted by molar-refractivity contribution is -0.132. The van der Waals surface area contributed by atoms with Crippen LogP contribution in [-0.2, 0) is 9.59 Å². The minimum absolute atomic E-state index is 0.00795. The van der Waals surface area contributed by atoms with Crippen LogP contribution in [0.25, 0.3) is 0 Å². The summed E-state index contributed by atoms with van der Waals surface area (Å²) in [6, 6.07) is 7.38. The number of ether oxygens (including phenoxy) is 1. The van der Waals surface area contributed by atoms with E-state index in [-0.39, 0.29) is 24.5 Å². The first-order chi connectivity index (χ1) is 14.6. The van der Waals surface area contributed by atoms with E-state index in [2.05, 4.69) is 21.5 Å². The molecule has 7 heteroatoms. The first-order valence-electron chi connectivity index (χ1n) is 10.7. The molecule has 30 heavy (non-hydrogen) atoms. The zero-order valence-electron chi connectivity index (χ0n) is 17.6. The lowest BCUT2D eigenvalue weighted by Crippen LogP contribution is -2.33. The maximum Gasteiger partial charge on any atom is 0.260 e. The normalized spacial score (nSPS) is 17.3. The van der Waals surface area contributed by atoms with Crippen LogP contribution < -0.4 is 10.1 Å². The molecule has 1 N–H and O–H groups in total. The van der Waals surface area contributed by atoms with Crippen molar-refractivity contribution in [2.75, 3.05) is 19.7 Å². The topological polar surface area (TPSA) is 83.4 Å². The van der Waals surface area contributed by atoms with Crippen LogP contribution in [0.15, 0.2) is 34.5 Å². The van der Waals surface area contributed by atoms with Crippen LogP contribution in [0.2, 0.25) is 0 Å². The molecule has 0 aliphatic carbocycles. The van der Waals surface area contributed by atoms with Gasteiger partial charge in [0.05, 0.1) is 6.04 Å². The molecule has 3 rings (SSSR count). The van der Waals surface area contributed by atoms with Gasteiger partial charge in [-0.15, -0.1) is 12.3 Å². The standard InChI is InChI=1S/C23H30N4O3/c1-3-5-13-23(25-26-23)14-12-21(28)24-19(4-2)18-10-6-7-11-20(18)30-17-22(29)27-15-8-9-16-27/h1,6-7,10-11,19H,4-5,8-9,12-17H2,2H3,(H,24,28). The Balaban J connectivity index is 1.54. The van der Waals surface area contributed by atoms with Crippen molar-refractivity contribution in [3.63, 3.8) is 0 Å². The molecule has 1 aromatic rings. The van der Waals surface area contributed by atoms with Crippen LogP contribution in [-0.4, -0.2) is 42.1 Å². The monoisotopic (exact) mass is 410 g/mol. The summed E-state index contributed by atoms with van der Waals surface area (Å²) in [4.78, 5) is 26.7. The van der Waals surface area contributed by atoms with Gasteiger partial charge < -0.3 is 15.0 Å². The summed E-state index contributed by atoms with van der Waals surface area (Å²) in [7, 11) is 0. The third-order valence-corrected chi connectivity index (χ3v) is 5.65. The van der Waals surface area contributed by atoms with Crippen LogP contribution in [0.3, 0.4) is 0 Å². The van der Waals surface area contributed by atoms with E-state index >= 15 is 0 Å². The van der Waals surface area contributed by atoms with Gasteiger partial charge in [-0.3, -0.25) is 9.59 Å². The average molecular weight is 411 g/mol. The van der Waals surface area contributed by atoms with Gasteiger partial charge in [0.1, 0.15) is 5.75 Å². The van der Waals surface area contributed by atoms with Crippen LogP contribution in [0.1, 0.15) is 63.5 Å². The summed E-state index contributed by atoms with van der Waals surface area (Å²) in [5, 5.41) is 11.2. The molecule has 0 aromatic heterocycles. The highest BCUT2D eigenvalue weighted by molar-refractivity contribution is 5.78. The molecule has 1 atom stereocenters. The lowest BCUT2D eigenvalue weighted by atomic mass is 10.0. The van der Waals surface area contributed by atoms with Crippen molar-refractivity contribution in [3.8, 4) is 18.1 Å². The Bertz CT molecular complexity index is 818. The molecule has 2 amide bonds. The first kappa shape index (κ1) is 21.8. The Morgan fingerprint density at radius 1 is 1.27 bits per heavy atom. The van der Waals surface area contributed by atoms with Crippen molar-refractivity contribution >= 4 is 11.8 Å². The average Bonchev–Trinajstić information content (AvgIpc) is 3.32. The second kappa shape index (κ2) is 10.2. The number of rotatable bonds is 11. The van der Waals surface area contributed by atoms with Crippen molar-refractivity contribution in [1.82, 2.24) is 10.2 Å². The maximum atomic E-state index is 12.5. The molecule has 7 nitrogen and oxygen atoms in total. The van der Waals surface area contributed by atoms with Gasteiger partial charge in [-0.1, -0.05) is 25.1 Å². The number of carbonyl (C=O) groups is 2. The zero-order chi connectivity index (χ0) is 21.4. The van der Waals surface area contributed by atoms with Gasteiger partial charge in [-0.25, -0.2) is 0 Å². The Morgan fingerprint density at radius 3 is 2.67 bits per heavy atom. The summed E-state index contributed by atoms with van der Waals surface area (Å²) < 4.78 is 5.85. The Hall–Kier alpha value is -2.88. The Labute approximate surface area is 178 Å². The number of likely N-dealkylation sites (tertiary alicyclic amines) is 1. The maximum absolute atomic E-state index is 12.5. The zero-order valence-corrected chi connectivity index (χ0v) is 17.6. The molecule has 1 unspecified atom stereocenters. The molecule has 2 aliphatic rings. The highest BCUT2D eigenvalue weighted by Crippen LogP contribution is 2.37. The molecular formula is C23H30N4O3. The van der Waals surface area contributed by atoms with E-state index in [4.69, 9.17) is 11.2 Å². The van der Waals surface area contributed by atoms with Crippen molar-refractivity contribution in [2.45, 2.75) is 63.6 Å². The van der Waals surface area contributed by atoms with E-state index in [1.165, 1.54) is 0 Å². The molecule has 160 valence electrons. The number of benzene rings is 1. The van der Waals surface area contributed by atoms with Gasteiger partial charge in [0, 0.05) is 44.3 Å². The van der Waals surface area contributed by atoms with Crippen molar-refractivity contribution in [2.24, 2.45) is 10.2 Å². The fraction of sp³-hybridized carbons (Fsp3) is 0.565. The molecule has 2 aliphatic heterocycles. The van der Waals surface area contributed by atoms with E-state index in [0.29, 0.717) is 37.9 Å². The van der Waals surface area contributed by atoms with E-state index in [0.717, 1.165) is 31.5 Å². The van der Waals surface area contributed by atoms with Crippen molar-refractivity contribution in [3.05, 3.63) is 29.8 Å². The van der Waals surface area contributed by atoms with Crippen molar-refractivity contribution < 1.29 is 14.3 Å². The quantitative estimate of drug-likeness (QED) is 0.566. The summed E-state index contributed by atoms with van der Waals surface area (Å²) >= 11 is 0. The minimum Gasteiger partial charge on any atom is -0.483 e. The number of carbonyl (C=O) groups excluding carboxylic acids is 2. The van der Waals surface area contributed by atoms with E-state index in [1.54, 1.807) is 0 Å². The molecule has 1 saturated heterocycles. The Kier molecular flexibility index (Phi) is 7.45. The van der Waals surface area contributed by atoms with Crippen LogP contribution in [0.4, 0.5) is 0 Å². The minimum atomic E-state index is -0.456. The van der Waals surface area contributed by atoms with Crippen LogP contribution >= 0.6 is 0 Å². The molecule has 1 fully saturated rings. The number of amides is 2. The van der Waals surface area contributed by atoms with Gasteiger partial charge in [0.2, 0.25) is 5.91 Å². The van der Waals surface area contributed by atoms with E-state index in [1.807, 2.05) is 36.1 Å². The number of nitrogens with one attached hydrogen (secondary N) is 1. The van der Waals surface area contributed by atoms with Gasteiger partial charge >= 0.3 is 0 Å². The molecule has 0 saturated carbocycles. The van der Waals surface area contributed by atoms with Gasteiger partial charge in [0.25, 0.3) is 5.91 Å². The van der Waals surface area contributed by atoms with Crippen molar-refractivity contribution in [1.29, 1.82) is 0 Å². The van der Waals surface area contributed by atoms with Crippen LogP contribution in [0, 0.1) is 12.3 Å². The second-order valence-corrected chi connectivity index (χ2v) is 7.83. The SMILES string of the molecule is C#CCCC1(CCC(=O)NC(CC)c2ccccc2OCC(=O)N2CCCC2)N=N1. The number of terminal acetylenes is 1. The molecule has 2 heterocycles. The Morgan fingerprint density at radius 2 is 2.00 bits per heavy atom. The summed E-state index contributed by atoms with van der Waals surface area (Å²) in [6.07, 6.45) is 10.3. The summed E-state index contributed by atoms with van der Waals surface area (Å²) in [5.74, 6) is 3.19. The fourth-order valence-electron chi connectivity index (χ4n) is 3.75. The molecule has 0 spiro atoms. The summed E-state index contributed by atoms with van der Waals surface area (Å²) in [6.45, 7) is 3.64. The fourth-order valence-corrected chi connectivity index (χ4v) is 3.75. The highest BCUT2D eigenvalue weighted by atomic mass is 16.5. The number of para-hydroxylation sites is 1. The molecule has 0 radical (unpaired) electrons. The highest BCUT2D eigenvalue weighted by Gasteiger charge is 2.39. The smallest absolute Gasteiger partial charge is 0.260 e. The van der Waals surface area contributed by atoms with Gasteiger partial charge in [0.15, 0.2) is 12.3 Å².